The number of hydrogen-bond acceptors (Lipinski definition) is 5. The minimum absolute atomic E-state index is 0.0544. The number of carbonyl (C=O) groups excluding carboxylic acids is 2. The van der Waals surface area contributed by atoms with Gasteiger partial charge in [-0.2, -0.15) is 0 Å². The molecule has 1 N–H and O–H groups in total. The van der Waals surface area contributed by atoms with Gasteiger partial charge in [-0.3, -0.25) is 14.6 Å². The maximum Gasteiger partial charge on any atom is 0.247 e. The summed E-state index contributed by atoms with van der Waals surface area (Å²) >= 11 is 0. The Morgan fingerprint density at radius 1 is 1.03 bits per heavy atom. The molecule has 0 bridgehead atoms. The van der Waals surface area contributed by atoms with Crippen molar-refractivity contribution >= 4 is 22.8 Å². The summed E-state index contributed by atoms with van der Waals surface area (Å²) in [7, 11) is 0. The number of rotatable bonds is 8. The van der Waals surface area contributed by atoms with E-state index in [4.69, 9.17) is 0 Å². The molecule has 2 aromatic heterocycles. The maximum absolute atomic E-state index is 13.9. The summed E-state index contributed by atoms with van der Waals surface area (Å²) in [5, 5.41) is 11.5. The SMILES string of the molecule is O=C(NC1CCCCC1)C(c1ccc(F)cc1)N(Cc1cccnc1)C(=O)Cn1nnc2ccccc21. The van der Waals surface area contributed by atoms with Crippen molar-refractivity contribution in [1.82, 2.24) is 30.2 Å². The van der Waals surface area contributed by atoms with Crippen LogP contribution in [0.2, 0.25) is 0 Å². The highest BCUT2D eigenvalue weighted by Crippen LogP contribution is 2.26. The molecule has 0 saturated heterocycles. The summed E-state index contributed by atoms with van der Waals surface area (Å²) in [6.07, 6.45) is 8.42. The summed E-state index contributed by atoms with van der Waals surface area (Å²) in [5.74, 6) is -0.999. The van der Waals surface area contributed by atoms with Gasteiger partial charge in [0.1, 0.15) is 23.9 Å². The highest BCUT2D eigenvalue weighted by atomic mass is 19.1. The van der Waals surface area contributed by atoms with Gasteiger partial charge < -0.3 is 10.2 Å². The lowest BCUT2D eigenvalue weighted by Crippen LogP contribution is -2.47. The molecule has 1 aliphatic rings. The molecule has 8 nitrogen and oxygen atoms in total. The van der Waals surface area contributed by atoms with E-state index in [1.807, 2.05) is 30.3 Å². The number of nitrogens with zero attached hydrogens (tertiary/aromatic N) is 5. The monoisotopic (exact) mass is 500 g/mol. The number of amides is 2. The predicted molar refractivity (Wildman–Crippen MR) is 136 cm³/mol. The van der Waals surface area contributed by atoms with Crippen LogP contribution in [0.25, 0.3) is 11.0 Å². The number of aromatic nitrogens is 4. The molecule has 1 aliphatic carbocycles. The van der Waals surface area contributed by atoms with Crippen molar-refractivity contribution in [1.29, 1.82) is 0 Å². The number of hydrogen-bond donors (Lipinski definition) is 1. The normalized spacial score (nSPS) is 14.8. The van der Waals surface area contributed by atoms with Crippen LogP contribution in [0.15, 0.2) is 73.1 Å². The second kappa shape index (κ2) is 11.3. The van der Waals surface area contributed by atoms with Crippen molar-refractivity contribution in [2.45, 2.75) is 57.3 Å². The standard InChI is InChI=1S/C28H29FN6O2/c29-22-14-12-21(13-15-22)27(28(37)31-23-8-2-1-3-9-23)34(18-20-7-6-16-30-17-20)26(36)19-35-25-11-5-4-10-24(25)32-33-35/h4-7,10-17,23,27H,1-3,8-9,18-19H2,(H,31,37). The van der Waals surface area contributed by atoms with Crippen molar-refractivity contribution in [3.8, 4) is 0 Å². The van der Waals surface area contributed by atoms with Crippen LogP contribution in [-0.2, 0) is 22.7 Å². The summed E-state index contributed by atoms with van der Waals surface area (Å²) in [6, 6.07) is 15.9. The van der Waals surface area contributed by atoms with Gasteiger partial charge in [-0.1, -0.05) is 54.8 Å². The average molecular weight is 501 g/mol. The van der Waals surface area contributed by atoms with Crippen LogP contribution in [0.5, 0.6) is 0 Å². The van der Waals surface area contributed by atoms with Gasteiger partial charge in [-0.15, -0.1) is 5.10 Å². The van der Waals surface area contributed by atoms with Crippen LogP contribution >= 0.6 is 0 Å². The molecule has 1 atom stereocenters. The van der Waals surface area contributed by atoms with Gasteiger partial charge in [0.2, 0.25) is 11.8 Å². The third kappa shape index (κ3) is 5.82. The summed E-state index contributed by atoms with van der Waals surface area (Å²) in [6.45, 7) is 0.0502. The van der Waals surface area contributed by atoms with Crippen LogP contribution < -0.4 is 5.32 Å². The molecular weight excluding hydrogens is 471 g/mol. The zero-order chi connectivity index (χ0) is 25.6. The quantitative estimate of drug-likeness (QED) is 0.392. The van der Waals surface area contributed by atoms with Crippen LogP contribution in [0.1, 0.15) is 49.3 Å². The molecule has 0 spiro atoms. The van der Waals surface area contributed by atoms with E-state index in [1.54, 1.807) is 30.6 Å². The number of carbonyl (C=O) groups is 2. The Kier molecular flexibility index (Phi) is 7.49. The number of para-hydroxylation sites is 1. The largest absolute Gasteiger partial charge is 0.351 e. The minimum Gasteiger partial charge on any atom is -0.351 e. The van der Waals surface area contributed by atoms with Crippen molar-refractivity contribution in [3.05, 3.63) is 90.0 Å². The van der Waals surface area contributed by atoms with Crippen molar-refractivity contribution in [2.24, 2.45) is 0 Å². The topological polar surface area (TPSA) is 93.0 Å². The Balaban J connectivity index is 1.50. The van der Waals surface area contributed by atoms with E-state index in [9.17, 15) is 14.0 Å². The maximum atomic E-state index is 13.9. The fourth-order valence-electron chi connectivity index (χ4n) is 4.91. The molecule has 2 aromatic carbocycles. The van der Waals surface area contributed by atoms with Crippen LogP contribution in [0.4, 0.5) is 4.39 Å². The summed E-state index contributed by atoms with van der Waals surface area (Å²) in [5.41, 5.74) is 2.72. The van der Waals surface area contributed by atoms with E-state index < -0.39 is 11.9 Å². The second-order valence-corrected chi connectivity index (χ2v) is 9.42. The Hall–Kier alpha value is -4.14. The minimum atomic E-state index is -0.954. The first kappa shape index (κ1) is 24.5. The second-order valence-electron chi connectivity index (χ2n) is 9.42. The first-order valence-electron chi connectivity index (χ1n) is 12.6. The van der Waals surface area contributed by atoms with E-state index >= 15 is 0 Å². The highest BCUT2D eigenvalue weighted by molar-refractivity contribution is 5.89. The average Bonchev–Trinajstić information content (AvgIpc) is 3.33. The Labute approximate surface area is 214 Å². The Morgan fingerprint density at radius 2 is 1.81 bits per heavy atom. The van der Waals surface area contributed by atoms with Gasteiger partial charge in [0.25, 0.3) is 0 Å². The molecule has 4 aromatic rings. The predicted octanol–water partition coefficient (Wildman–Crippen LogP) is 4.18. The molecule has 37 heavy (non-hydrogen) atoms. The van der Waals surface area contributed by atoms with Crippen molar-refractivity contribution in [3.63, 3.8) is 0 Å². The molecule has 1 unspecified atom stereocenters. The molecule has 190 valence electrons. The lowest BCUT2D eigenvalue weighted by Gasteiger charge is -2.33. The van der Waals surface area contributed by atoms with Crippen LogP contribution in [-0.4, -0.2) is 42.7 Å². The Morgan fingerprint density at radius 3 is 2.57 bits per heavy atom. The molecule has 9 heteroatoms. The summed E-state index contributed by atoms with van der Waals surface area (Å²) < 4.78 is 15.4. The van der Waals surface area contributed by atoms with E-state index in [0.29, 0.717) is 11.1 Å². The molecular formula is C28H29FN6O2. The zero-order valence-electron chi connectivity index (χ0n) is 20.5. The number of halogens is 1. The van der Waals surface area contributed by atoms with E-state index in [2.05, 4.69) is 20.6 Å². The van der Waals surface area contributed by atoms with Crippen molar-refractivity contribution < 1.29 is 14.0 Å². The van der Waals surface area contributed by atoms with Gasteiger partial charge in [0, 0.05) is 25.0 Å². The number of pyridine rings is 1. The fraction of sp³-hybridized carbons (Fsp3) is 0.321. The van der Waals surface area contributed by atoms with Crippen molar-refractivity contribution in [2.75, 3.05) is 0 Å². The first-order chi connectivity index (χ1) is 18.1. The van der Waals surface area contributed by atoms with E-state index in [-0.39, 0.29) is 30.9 Å². The number of benzene rings is 2. The van der Waals surface area contributed by atoms with Gasteiger partial charge in [-0.25, -0.2) is 9.07 Å². The molecule has 2 amide bonds. The third-order valence-corrected chi connectivity index (χ3v) is 6.80. The zero-order valence-corrected chi connectivity index (χ0v) is 20.5. The Bertz CT molecular complexity index is 1350. The first-order valence-corrected chi connectivity index (χ1v) is 12.6. The number of fused-ring (bicyclic) bond motifs is 1. The molecule has 2 heterocycles. The molecule has 0 radical (unpaired) electrons. The van der Waals surface area contributed by atoms with Gasteiger partial charge in [0.05, 0.1) is 5.52 Å². The fourth-order valence-corrected chi connectivity index (χ4v) is 4.91. The highest BCUT2D eigenvalue weighted by Gasteiger charge is 2.33. The number of nitrogens with one attached hydrogen (secondary N) is 1. The van der Waals surface area contributed by atoms with Gasteiger partial charge >= 0.3 is 0 Å². The van der Waals surface area contributed by atoms with Gasteiger partial charge in [0.15, 0.2) is 0 Å². The van der Waals surface area contributed by atoms with Crippen LogP contribution in [0, 0.1) is 5.82 Å². The van der Waals surface area contributed by atoms with E-state index in [1.165, 1.54) is 21.7 Å². The van der Waals surface area contributed by atoms with Crippen LogP contribution in [0.3, 0.4) is 0 Å². The molecule has 5 rings (SSSR count). The molecule has 1 fully saturated rings. The van der Waals surface area contributed by atoms with Gasteiger partial charge in [-0.05, 0) is 54.3 Å². The summed E-state index contributed by atoms with van der Waals surface area (Å²) in [4.78, 5) is 33.4. The van der Waals surface area contributed by atoms with E-state index in [0.717, 1.165) is 43.2 Å². The third-order valence-electron chi connectivity index (χ3n) is 6.80. The smallest absolute Gasteiger partial charge is 0.247 e. The molecule has 1 saturated carbocycles. The molecule has 0 aliphatic heterocycles. The lowest BCUT2D eigenvalue weighted by molar-refractivity contribution is -0.142. The lowest BCUT2D eigenvalue weighted by atomic mass is 9.94.